The number of hydrogen-bond acceptors (Lipinski definition) is 4. The molecule has 0 saturated heterocycles. The smallest absolute Gasteiger partial charge is 0.137 e. The summed E-state index contributed by atoms with van der Waals surface area (Å²) in [5, 5.41) is 14.0. The van der Waals surface area contributed by atoms with Gasteiger partial charge in [-0.05, 0) is 38.5 Å². The number of rotatable bonds is 4. The van der Waals surface area contributed by atoms with Crippen molar-refractivity contribution in [1.29, 1.82) is 5.26 Å². The molecule has 5 heteroatoms. The van der Waals surface area contributed by atoms with E-state index in [0.29, 0.717) is 17.2 Å². The van der Waals surface area contributed by atoms with E-state index in [-0.39, 0.29) is 5.92 Å². The molecule has 0 radical (unpaired) electrons. The lowest BCUT2D eigenvalue weighted by atomic mass is 9.92. The molecule has 2 aromatic rings. The third-order valence-electron chi connectivity index (χ3n) is 3.31. The highest BCUT2D eigenvalue weighted by Gasteiger charge is 2.20. The van der Waals surface area contributed by atoms with Crippen molar-refractivity contribution in [3.8, 4) is 11.8 Å². The zero-order chi connectivity index (χ0) is 14.7. The quantitative estimate of drug-likeness (QED) is 0.859. The summed E-state index contributed by atoms with van der Waals surface area (Å²) < 4.78 is 10.5. The van der Waals surface area contributed by atoms with Crippen LogP contribution in [0.2, 0.25) is 5.02 Å². The van der Waals surface area contributed by atoms with E-state index < -0.39 is 0 Å². The lowest BCUT2D eigenvalue weighted by Crippen LogP contribution is -2.04. The molecule has 0 spiro atoms. The Hall–Kier alpha value is -1.99. The van der Waals surface area contributed by atoms with Crippen molar-refractivity contribution in [3.63, 3.8) is 0 Å². The lowest BCUT2D eigenvalue weighted by molar-refractivity contribution is 0.392. The van der Waals surface area contributed by atoms with E-state index in [4.69, 9.17) is 20.9 Å². The number of nitriles is 1. The molecule has 1 heterocycles. The molecule has 0 amide bonds. The second-order valence-electron chi connectivity index (χ2n) is 4.57. The number of benzene rings is 1. The molecule has 0 saturated carbocycles. The Balaban J connectivity index is 2.39. The molecule has 1 unspecified atom stereocenters. The van der Waals surface area contributed by atoms with Gasteiger partial charge in [-0.25, -0.2) is 0 Å². The third-order valence-corrected chi connectivity index (χ3v) is 3.55. The van der Waals surface area contributed by atoms with Crippen LogP contribution in [0.25, 0.3) is 0 Å². The number of ether oxygens (including phenoxy) is 1. The fourth-order valence-electron chi connectivity index (χ4n) is 2.20. The van der Waals surface area contributed by atoms with Crippen molar-refractivity contribution in [2.75, 3.05) is 7.11 Å². The number of methoxy groups -OCH3 is 1. The summed E-state index contributed by atoms with van der Waals surface area (Å²) in [5.41, 5.74) is 2.55. The summed E-state index contributed by atoms with van der Waals surface area (Å²) in [7, 11) is 1.58. The SMILES string of the molecule is COc1ccc(Cl)cc1C(C#N)Cc1c(C)noc1C. The first-order valence-corrected chi connectivity index (χ1v) is 6.59. The predicted molar refractivity (Wildman–Crippen MR) is 76.0 cm³/mol. The summed E-state index contributed by atoms with van der Waals surface area (Å²) >= 11 is 6.02. The first-order chi connectivity index (χ1) is 9.56. The molecule has 0 N–H and O–H groups in total. The maximum absolute atomic E-state index is 9.47. The van der Waals surface area contributed by atoms with Crippen molar-refractivity contribution in [2.45, 2.75) is 26.2 Å². The Kier molecular flexibility index (Phi) is 4.31. The van der Waals surface area contributed by atoms with E-state index in [1.165, 1.54) is 0 Å². The van der Waals surface area contributed by atoms with Crippen LogP contribution in [0.5, 0.6) is 5.75 Å². The van der Waals surface area contributed by atoms with Gasteiger partial charge < -0.3 is 9.26 Å². The van der Waals surface area contributed by atoms with Crippen LogP contribution in [-0.4, -0.2) is 12.3 Å². The summed E-state index contributed by atoms with van der Waals surface area (Å²) in [6.45, 7) is 3.72. The van der Waals surface area contributed by atoms with Gasteiger partial charge in [-0.2, -0.15) is 5.26 Å². The predicted octanol–water partition coefficient (Wildman–Crippen LogP) is 3.80. The molecule has 0 aliphatic heterocycles. The Morgan fingerprint density at radius 1 is 1.45 bits per heavy atom. The van der Waals surface area contributed by atoms with Crippen molar-refractivity contribution < 1.29 is 9.26 Å². The zero-order valence-corrected chi connectivity index (χ0v) is 12.4. The van der Waals surface area contributed by atoms with Crippen molar-refractivity contribution in [1.82, 2.24) is 5.16 Å². The van der Waals surface area contributed by atoms with Gasteiger partial charge in [-0.15, -0.1) is 0 Å². The normalized spacial score (nSPS) is 11.9. The van der Waals surface area contributed by atoms with E-state index in [2.05, 4.69) is 11.2 Å². The number of hydrogen-bond donors (Lipinski definition) is 0. The highest BCUT2D eigenvalue weighted by Crippen LogP contribution is 2.32. The number of nitrogens with zero attached hydrogens (tertiary/aromatic N) is 2. The average Bonchev–Trinajstić information content (AvgIpc) is 2.75. The summed E-state index contributed by atoms with van der Waals surface area (Å²) in [6, 6.07) is 7.59. The monoisotopic (exact) mass is 290 g/mol. The average molecular weight is 291 g/mol. The first kappa shape index (κ1) is 14.4. The first-order valence-electron chi connectivity index (χ1n) is 6.21. The van der Waals surface area contributed by atoms with Crippen molar-refractivity contribution in [3.05, 3.63) is 45.8 Å². The summed E-state index contributed by atoms with van der Waals surface area (Å²) in [4.78, 5) is 0. The Labute approximate surface area is 122 Å². The maximum atomic E-state index is 9.47. The van der Waals surface area contributed by atoms with Gasteiger partial charge in [-0.1, -0.05) is 16.8 Å². The molecule has 20 heavy (non-hydrogen) atoms. The van der Waals surface area contributed by atoms with Crippen LogP contribution >= 0.6 is 11.6 Å². The van der Waals surface area contributed by atoms with E-state index in [1.807, 2.05) is 13.8 Å². The number of aromatic nitrogens is 1. The topological polar surface area (TPSA) is 59.0 Å². The molecule has 1 atom stereocenters. The van der Waals surface area contributed by atoms with Crippen LogP contribution in [0.1, 0.15) is 28.5 Å². The van der Waals surface area contributed by atoms with Crippen molar-refractivity contribution in [2.24, 2.45) is 0 Å². The number of aryl methyl sites for hydroxylation is 2. The highest BCUT2D eigenvalue weighted by molar-refractivity contribution is 6.30. The minimum Gasteiger partial charge on any atom is -0.496 e. The zero-order valence-electron chi connectivity index (χ0n) is 11.6. The van der Waals surface area contributed by atoms with Gasteiger partial charge in [0.2, 0.25) is 0 Å². The van der Waals surface area contributed by atoms with Gasteiger partial charge >= 0.3 is 0 Å². The number of halogens is 1. The van der Waals surface area contributed by atoms with Gasteiger partial charge in [0.25, 0.3) is 0 Å². The molecule has 0 fully saturated rings. The van der Waals surface area contributed by atoms with Crippen molar-refractivity contribution >= 4 is 11.6 Å². The van der Waals surface area contributed by atoms with Gasteiger partial charge in [0, 0.05) is 16.1 Å². The molecule has 1 aromatic carbocycles. The molecule has 4 nitrogen and oxygen atoms in total. The van der Waals surface area contributed by atoms with Crippen LogP contribution in [-0.2, 0) is 6.42 Å². The van der Waals surface area contributed by atoms with Crippen LogP contribution < -0.4 is 4.74 Å². The Bertz CT molecular complexity index is 639. The minimum absolute atomic E-state index is 0.361. The summed E-state index contributed by atoms with van der Waals surface area (Å²) in [6.07, 6.45) is 0.522. The highest BCUT2D eigenvalue weighted by atomic mass is 35.5. The molecular weight excluding hydrogens is 276 g/mol. The van der Waals surface area contributed by atoms with E-state index >= 15 is 0 Å². The van der Waals surface area contributed by atoms with Gasteiger partial charge in [-0.3, -0.25) is 0 Å². The molecule has 0 bridgehead atoms. The Morgan fingerprint density at radius 2 is 2.20 bits per heavy atom. The fraction of sp³-hybridized carbons (Fsp3) is 0.333. The van der Waals surface area contributed by atoms with E-state index in [1.54, 1.807) is 25.3 Å². The Morgan fingerprint density at radius 3 is 2.75 bits per heavy atom. The van der Waals surface area contributed by atoms with Gasteiger partial charge in [0.05, 0.1) is 24.8 Å². The molecule has 1 aromatic heterocycles. The van der Waals surface area contributed by atoms with Crippen LogP contribution in [0.15, 0.2) is 22.7 Å². The molecule has 2 rings (SSSR count). The maximum Gasteiger partial charge on any atom is 0.137 e. The van der Waals surface area contributed by atoms with Crippen LogP contribution in [0.4, 0.5) is 0 Å². The summed E-state index contributed by atoms with van der Waals surface area (Å²) in [5.74, 6) is 1.04. The third kappa shape index (κ3) is 2.78. The molecular formula is C15H15ClN2O2. The molecule has 104 valence electrons. The lowest BCUT2D eigenvalue weighted by Gasteiger charge is -2.14. The largest absolute Gasteiger partial charge is 0.496 e. The second kappa shape index (κ2) is 5.98. The van der Waals surface area contributed by atoms with Gasteiger partial charge in [0.15, 0.2) is 0 Å². The standard InChI is InChI=1S/C15H15ClN2O2/c1-9-13(10(2)20-18-9)6-11(8-17)14-7-12(16)4-5-15(14)19-3/h4-5,7,11H,6H2,1-3H3. The van der Waals surface area contributed by atoms with E-state index in [9.17, 15) is 5.26 Å². The minimum atomic E-state index is -0.361. The second-order valence-corrected chi connectivity index (χ2v) is 5.01. The van der Waals surface area contributed by atoms with E-state index in [0.717, 1.165) is 22.6 Å². The van der Waals surface area contributed by atoms with Gasteiger partial charge in [0.1, 0.15) is 11.5 Å². The molecule has 0 aliphatic carbocycles. The van der Waals surface area contributed by atoms with Crippen LogP contribution in [0.3, 0.4) is 0 Å². The fourth-order valence-corrected chi connectivity index (χ4v) is 2.38. The van der Waals surface area contributed by atoms with Crippen LogP contribution in [0, 0.1) is 25.2 Å². The molecule has 0 aliphatic rings.